The van der Waals surface area contributed by atoms with E-state index in [0.29, 0.717) is 17.1 Å². The van der Waals surface area contributed by atoms with Crippen LogP contribution in [-0.4, -0.2) is 16.3 Å². The molecule has 0 aliphatic carbocycles. The summed E-state index contributed by atoms with van der Waals surface area (Å²) >= 11 is 6.14. The normalized spacial score (nSPS) is 10.6. The van der Waals surface area contributed by atoms with Gasteiger partial charge in [0, 0.05) is 23.8 Å². The van der Waals surface area contributed by atoms with Crippen LogP contribution in [0.1, 0.15) is 28.9 Å². The van der Waals surface area contributed by atoms with Gasteiger partial charge in [-0.3, -0.25) is 4.68 Å². The highest BCUT2D eigenvalue weighted by Crippen LogP contribution is 2.17. The Balaban J connectivity index is 1.75. The largest absolute Gasteiger partial charge is 0.313 e. The summed E-state index contributed by atoms with van der Waals surface area (Å²) in [5, 5.41) is 17.2. The Hall–Kier alpha value is -1.83. The van der Waals surface area contributed by atoms with Crippen LogP contribution in [0, 0.1) is 25.2 Å². The molecule has 5 heteroatoms. The first kappa shape index (κ1) is 15.6. The minimum Gasteiger partial charge on any atom is -0.313 e. The Morgan fingerprint density at radius 3 is 2.76 bits per heavy atom. The number of rotatable bonds is 6. The summed E-state index contributed by atoms with van der Waals surface area (Å²) in [4.78, 5) is 0. The van der Waals surface area contributed by atoms with E-state index in [0.717, 1.165) is 30.8 Å². The van der Waals surface area contributed by atoms with E-state index in [2.05, 4.69) is 29.5 Å². The van der Waals surface area contributed by atoms with Gasteiger partial charge in [0.15, 0.2) is 0 Å². The summed E-state index contributed by atoms with van der Waals surface area (Å²) < 4.78 is 2.03. The monoisotopic (exact) mass is 302 g/mol. The molecule has 0 amide bonds. The lowest BCUT2D eigenvalue weighted by molar-refractivity contribution is 0.532. The fraction of sp³-hybridized carbons (Fsp3) is 0.375. The van der Waals surface area contributed by atoms with E-state index in [-0.39, 0.29) is 0 Å². The molecule has 1 aromatic carbocycles. The second-order valence-electron chi connectivity index (χ2n) is 5.10. The van der Waals surface area contributed by atoms with Gasteiger partial charge in [-0.1, -0.05) is 17.7 Å². The number of benzene rings is 1. The minimum absolute atomic E-state index is 0.591. The number of aromatic nitrogens is 2. The Morgan fingerprint density at radius 2 is 2.14 bits per heavy atom. The summed E-state index contributed by atoms with van der Waals surface area (Å²) in [7, 11) is 0. The first-order valence-corrected chi connectivity index (χ1v) is 7.38. The fourth-order valence-electron chi connectivity index (χ4n) is 2.24. The molecule has 0 aliphatic rings. The van der Waals surface area contributed by atoms with Crippen LogP contribution in [0.3, 0.4) is 0 Å². The molecular weight excluding hydrogens is 284 g/mol. The van der Waals surface area contributed by atoms with Crippen LogP contribution in [-0.2, 0) is 13.1 Å². The van der Waals surface area contributed by atoms with Crippen LogP contribution in [0.2, 0.25) is 5.02 Å². The fourth-order valence-corrected chi connectivity index (χ4v) is 2.49. The number of aryl methyl sites for hydroxylation is 3. The molecule has 21 heavy (non-hydrogen) atoms. The van der Waals surface area contributed by atoms with Crippen LogP contribution >= 0.6 is 11.6 Å². The molecule has 4 nitrogen and oxygen atoms in total. The second kappa shape index (κ2) is 7.26. The summed E-state index contributed by atoms with van der Waals surface area (Å²) in [5.74, 6) is 0. The molecule has 0 radical (unpaired) electrons. The molecule has 0 spiro atoms. The van der Waals surface area contributed by atoms with Crippen molar-refractivity contribution in [1.82, 2.24) is 15.1 Å². The molecule has 0 saturated carbocycles. The van der Waals surface area contributed by atoms with Crippen molar-refractivity contribution in [2.24, 2.45) is 0 Å². The van der Waals surface area contributed by atoms with Crippen molar-refractivity contribution < 1.29 is 0 Å². The van der Waals surface area contributed by atoms with Crippen molar-refractivity contribution >= 4 is 11.6 Å². The lowest BCUT2D eigenvalue weighted by atomic mass is 10.1. The average molecular weight is 303 g/mol. The van der Waals surface area contributed by atoms with E-state index in [1.54, 1.807) is 12.1 Å². The third-order valence-corrected chi connectivity index (χ3v) is 3.68. The SMILES string of the molecule is Cc1cc(C)n(CCCNCc2ccc(C#N)cc2Cl)n1. The van der Waals surface area contributed by atoms with Gasteiger partial charge in [0.05, 0.1) is 17.3 Å². The number of halogens is 1. The standard InChI is InChI=1S/C16H19ClN4/c1-12-8-13(2)21(20-12)7-3-6-19-11-15-5-4-14(10-18)9-16(15)17/h4-5,8-9,19H,3,6-7,11H2,1-2H3. The van der Waals surface area contributed by atoms with Gasteiger partial charge in [-0.2, -0.15) is 10.4 Å². The zero-order chi connectivity index (χ0) is 15.2. The smallest absolute Gasteiger partial charge is 0.0992 e. The molecule has 0 fully saturated rings. The van der Waals surface area contributed by atoms with E-state index >= 15 is 0 Å². The van der Waals surface area contributed by atoms with Crippen molar-refractivity contribution in [2.45, 2.75) is 33.4 Å². The van der Waals surface area contributed by atoms with Gasteiger partial charge < -0.3 is 5.32 Å². The van der Waals surface area contributed by atoms with Gasteiger partial charge >= 0.3 is 0 Å². The van der Waals surface area contributed by atoms with Crippen LogP contribution in [0.15, 0.2) is 24.3 Å². The maximum Gasteiger partial charge on any atom is 0.0992 e. The number of hydrogen-bond acceptors (Lipinski definition) is 3. The zero-order valence-electron chi connectivity index (χ0n) is 12.4. The maximum absolute atomic E-state index is 8.80. The van der Waals surface area contributed by atoms with Gasteiger partial charge in [-0.05, 0) is 50.6 Å². The molecule has 110 valence electrons. The molecule has 2 aromatic rings. The first-order valence-electron chi connectivity index (χ1n) is 7.00. The van der Waals surface area contributed by atoms with Crippen LogP contribution < -0.4 is 5.32 Å². The quantitative estimate of drug-likeness (QED) is 0.834. The van der Waals surface area contributed by atoms with Crippen LogP contribution in [0.5, 0.6) is 0 Å². The van der Waals surface area contributed by atoms with E-state index in [4.69, 9.17) is 16.9 Å². The predicted molar refractivity (Wildman–Crippen MR) is 84.2 cm³/mol. The van der Waals surface area contributed by atoms with E-state index in [1.807, 2.05) is 17.7 Å². The van der Waals surface area contributed by atoms with Gasteiger partial charge in [-0.15, -0.1) is 0 Å². The number of nitriles is 1. The highest BCUT2D eigenvalue weighted by atomic mass is 35.5. The van der Waals surface area contributed by atoms with Crippen molar-refractivity contribution in [1.29, 1.82) is 5.26 Å². The van der Waals surface area contributed by atoms with Gasteiger partial charge in [-0.25, -0.2) is 0 Å². The summed E-state index contributed by atoms with van der Waals surface area (Å²) in [6, 6.07) is 9.56. The van der Waals surface area contributed by atoms with Gasteiger partial charge in [0.2, 0.25) is 0 Å². The van der Waals surface area contributed by atoms with Gasteiger partial charge in [0.1, 0.15) is 0 Å². The van der Waals surface area contributed by atoms with Gasteiger partial charge in [0.25, 0.3) is 0 Å². The Morgan fingerprint density at radius 1 is 1.33 bits per heavy atom. The Labute approximate surface area is 130 Å². The zero-order valence-corrected chi connectivity index (χ0v) is 13.1. The number of nitrogens with zero attached hydrogens (tertiary/aromatic N) is 3. The summed E-state index contributed by atoms with van der Waals surface area (Å²) in [6.45, 7) is 6.60. The van der Waals surface area contributed by atoms with Crippen molar-refractivity contribution in [3.8, 4) is 6.07 Å². The third kappa shape index (κ3) is 4.32. The predicted octanol–water partition coefficient (Wildman–Crippen LogP) is 3.20. The van der Waals surface area contributed by atoms with E-state index in [9.17, 15) is 0 Å². The first-order chi connectivity index (χ1) is 10.1. The lowest BCUT2D eigenvalue weighted by Crippen LogP contribution is -2.17. The Bertz CT molecular complexity index is 655. The highest BCUT2D eigenvalue weighted by Gasteiger charge is 2.02. The molecule has 2 rings (SSSR count). The lowest BCUT2D eigenvalue weighted by Gasteiger charge is -2.08. The molecule has 0 saturated heterocycles. The van der Waals surface area contributed by atoms with Crippen molar-refractivity contribution in [2.75, 3.05) is 6.54 Å². The summed E-state index contributed by atoms with van der Waals surface area (Å²) in [6.07, 6.45) is 1.01. The molecule has 1 aromatic heterocycles. The third-order valence-electron chi connectivity index (χ3n) is 3.32. The minimum atomic E-state index is 0.591. The van der Waals surface area contributed by atoms with Crippen molar-refractivity contribution in [3.05, 3.63) is 51.8 Å². The van der Waals surface area contributed by atoms with E-state index < -0.39 is 0 Å². The number of nitrogens with one attached hydrogen (secondary N) is 1. The molecule has 1 heterocycles. The van der Waals surface area contributed by atoms with Crippen molar-refractivity contribution in [3.63, 3.8) is 0 Å². The van der Waals surface area contributed by atoms with E-state index in [1.165, 1.54) is 5.69 Å². The highest BCUT2D eigenvalue weighted by molar-refractivity contribution is 6.31. The molecule has 0 aliphatic heterocycles. The maximum atomic E-state index is 8.80. The van der Waals surface area contributed by atoms with Crippen LogP contribution in [0.4, 0.5) is 0 Å². The molecular formula is C16H19ClN4. The second-order valence-corrected chi connectivity index (χ2v) is 5.51. The van der Waals surface area contributed by atoms with Crippen LogP contribution in [0.25, 0.3) is 0 Å². The summed E-state index contributed by atoms with van der Waals surface area (Å²) in [5.41, 5.74) is 3.86. The molecule has 0 unspecified atom stereocenters. The Kier molecular flexibility index (Phi) is 5.38. The average Bonchev–Trinajstić information content (AvgIpc) is 2.78. The molecule has 0 bridgehead atoms. The molecule has 1 N–H and O–H groups in total. The number of hydrogen-bond donors (Lipinski definition) is 1. The molecule has 0 atom stereocenters. The topological polar surface area (TPSA) is 53.6 Å².